The molecule has 0 aromatic carbocycles. The van der Waals surface area contributed by atoms with Gasteiger partial charge in [0.05, 0.1) is 9.94 Å². The van der Waals surface area contributed by atoms with E-state index >= 15 is 0 Å². The van der Waals surface area contributed by atoms with Crippen LogP contribution in [0.1, 0.15) is 48.9 Å². The molecule has 19 heavy (non-hydrogen) atoms. The molecule has 0 N–H and O–H groups in total. The molecule has 1 spiro atoms. The standard InChI is InChI=1S/C14H16Cl2O2S/c15-11-7-10(13(16)19-11)12(17)9-3-6-18-14(8-9)4-1-2-5-14/h7,9H,1-6,8H2. The second kappa shape index (κ2) is 5.36. The number of ether oxygens (including phenoxy) is 1. The van der Waals surface area contributed by atoms with Gasteiger partial charge < -0.3 is 4.74 Å². The van der Waals surface area contributed by atoms with E-state index in [2.05, 4.69) is 0 Å². The van der Waals surface area contributed by atoms with Gasteiger partial charge in [-0.25, -0.2) is 0 Å². The van der Waals surface area contributed by atoms with Gasteiger partial charge in [0, 0.05) is 18.1 Å². The number of halogens is 2. The van der Waals surface area contributed by atoms with Gasteiger partial charge in [0.1, 0.15) is 4.34 Å². The zero-order chi connectivity index (χ0) is 13.5. The highest BCUT2D eigenvalue weighted by Gasteiger charge is 2.42. The van der Waals surface area contributed by atoms with Crippen molar-refractivity contribution in [1.82, 2.24) is 0 Å². The van der Waals surface area contributed by atoms with Crippen molar-refractivity contribution in [3.63, 3.8) is 0 Å². The molecular formula is C14H16Cl2O2S. The molecule has 2 fully saturated rings. The fourth-order valence-corrected chi connectivity index (χ4v) is 4.82. The van der Waals surface area contributed by atoms with Gasteiger partial charge in [-0.3, -0.25) is 4.79 Å². The maximum Gasteiger partial charge on any atom is 0.168 e. The number of ketones is 1. The highest BCUT2D eigenvalue weighted by Crippen LogP contribution is 2.43. The molecule has 5 heteroatoms. The number of rotatable bonds is 2. The molecule has 1 aliphatic heterocycles. The Morgan fingerprint density at radius 2 is 2.11 bits per heavy atom. The number of carbonyl (C=O) groups excluding carboxylic acids is 1. The van der Waals surface area contributed by atoms with Crippen molar-refractivity contribution >= 4 is 40.3 Å². The highest BCUT2D eigenvalue weighted by molar-refractivity contribution is 7.20. The van der Waals surface area contributed by atoms with Crippen LogP contribution in [0, 0.1) is 5.92 Å². The summed E-state index contributed by atoms with van der Waals surface area (Å²) in [5.74, 6) is 0.178. The van der Waals surface area contributed by atoms with E-state index in [1.54, 1.807) is 6.07 Å². The molecule has 1 aromatic rings. The number of hydrogen-bond acceptors (Lipinski definition) is 3. The fraction of sp³-hybridized carbons (Fsp3) is 0.643. The number of carbonyl (C=O) groups is 1. The van der Waals surface area contributed by atoms with Crippen LogP contribution < -0.4 is 0 Å². The SMILES string of the molecule is O=C(c1cc(Cl)sc1Cl)C1CCOC2(CCCC2)C1. The zero-order valence-electron chi connectivity index (χ0n) is 10.6. The molecule has 0 bridgehead atoms. The largest absolute Gasteiger partial charge is 0.375 e. The van der Waals surface area contributed by atoms with E-state index in [0.29, 0.717) is 20.8 Å². The first-order chi connectivity index (χ1) is 9.10. The highest BCUT2D eigenvalue weighted by atomic mass is 35.5. The van der Waals surface area contributed by atoms with Crippen molar-refractivity contribution in [2.75, 3.05) is 6.61 Å². The summed E-state index contributed by atoms with van der Waals surface area (Å²) >= 11 is 13.3. The Hall–Kier alpha value is -0.0900. The van der Waals surface area contributed by atoms with Crippen LogP contribution in [-0.4, -0.2) is 18.0 Å². The molecule has 3 rings (SSSR count). The van der Waals surface area contributed by atoms with Gasteiger partial charge in [-0.15, -0.1) is 11.3 Å². The Balaban J connectivity index is 1.78. The van der Waals surface area contributed by atoms with Crippen molar-refractivity contribution < 1.29 is 9.53 Å². The van der Waals surface area contributed by atoms with Gasteiger partial charge in [-0.2, -0.15) is 0 Å². The smallest absolute Gasteiger partial charge is 0.168 e. The molecule has 1 aromatic heterocycles. The van der Waals surface area contributed by atoms with Gasteiger partial charge >= 0.3 is 0 Å². The van der Waals surface area contributed by atoms with Crippen molar-refractivity contribution in [1.29, 1.82) is 0 Å². The van der Waals surface area contributed by atoms with Gasteiger partial charge in [0.2, 0.25) is 0 Å². The third-order valence-electron chi connectivity index (χ3n) is 4.30. The molecule has 104 valence electrons. The molecule has 0 amide bonds. The summed E-state index contributed by atoms with van der Waals surface area (Å²) in [6.07, 6.45) is 6.25. The van der Waals surface area contributed by atoms with Gasteiger partial charge in [-0.1, -0.05) is 36.0 Å². The first-order valence-electron chi connectivity index (χ1n) is 6.73. The molecule has 1 saturated carbocycles. The van der Waals surface area contributed by atoms with E-state index in [9.17, 15) is 4.79 Å². The maximum absolute atomic E-state index is 12.6. The predicted molar refractivity (Wildman–Crippen MR) is 78.5 cm³/mol. The number of hydrogen-bond donors (Lipinski definition) is 0. The van der Waals surface area contributed by atoms with E-state index < -0.39 is 0 Å². The van der Waals surface area contributed by atoms with Crippen LogP contribution in [-0.2, 0) is 4.74 Å². The van der Waals surface area contributed by atoms with Gasteiger partial charge in [0.25, 0.3) is 0 Å². The minimum atomic E-state index is -0.0368. The van der Waals surface area contributed by atoms with E-state index in [-0.39, 0.29) is 17.3 Å². The minimum absolute atomic E-state index is 0.0368. The molecule has 2 aliphatic rings. The van der Waals surface area contributed by atoms with Crippen LogP contribution in [0.5, 0.6) is 0 Å². The fourth-order valence-electron chi connectivity index (χ4n) is 3.35. The van der Waals surface area contributed by atoms with E-state index in [1.165, 1.54) is 24.2 Å². The molecule has 1 saturated heterocycles. The average Bonchev–Trinajstić information content (AvgIpc) is 2.96. The Morgan fingerprint density at radius 1 is 1.37 bits per heavy atom. The summed E-state index contributed by atoms with van der Waals surface area (Å²) in [6.45, 7) is 0.686. The monoisotopic (exact) mass is 318 g/mol. The summed E-state index contributed by atoms with van der Waals surface area (Å²) in [4.78, 5) is 12.6. The average molecular weight is 319 g/mol. The molecule has 1 unspecified atom stereocenters. The zero-order valence-corrected chi connectivity index (χ0v) is 12.9. The number of Topliss-reactive ketones (excluding diaryl/α,β-unsaturated/α-hetero) is 1. The third-order valence-corrected chi connectivity index (χ3v) is 5.79. The Bertz CT molecular complexity index is 492. The first kappa shape index (κ1) is 13.9. The predicted octanol–water partition coefficient (Wildman–Crippen LogP) is 4.98. The summed E-state index contributed by atoms with van der Waals surface area (Å²) < 4.78 is 7.06. The number of thiophene rings is 1. The first-order valence-corrected chi connectivity index (χ1v) is 8.30. The molecule has 1 aliphatic carbocycles. The van der Waals surface area contributed by atoms with E-state index in [4.69, 9.17) is 27.9 Å². The second-order valence-corrected chi connectivity index (χ2v) is 7.82. The Labute approximate surface area is 127 Å². The lowest BCUT2D eigenvalue weighted by molar-refractivity contribution is -0.0866. The summed E-state index contributed by atoms with van der Waals surface area (Å²) in [5.41, 5.74) is 0.557. The summed E-state index contributed by atoms with van der Waals surface area (Å²) in [6, 6.07) is 1.70. The van der Waals surface area contributed by atoms with Crippen LogP contribution >= 0.6 is 34.5 Å². The molecule has 1 atom stereocenters. The lowest BCUT2D eigenvalue weighted by Crippen LogP contribution is -2.39. The quantitative estimate of drug-likeness (QED) is 0.719. The summed E-state index contributed by atoms with van der Waals surface area (Å²) in [5, 5.41) is 0. The summed E-state index contributed by atoms with van der Waals surface area (Å²) in [7, 11) is 0. The lowest BCUT2D eigenvalue weighted by atomic mass is 9.81. The van der Waals surface area contributed by atoms with E-state index in [0.717, 1.165) is 25.7 Å². The van der Waals surface area contributed by atoms with Crippen molar-refractivity contribution in [2.24, 2.45) is 5.92 Å². The maximum atomic E-state index is 12.6. The topological polar surface area (TPSA) is 26.3 Å². The van der Waals surface area contributed by atoms with Crippen LogP contribution in [0.4, 0.5) is 0 Å². The van der Waals surface area contributed by atoms with Crippen LogP contribution in [0.2, 0.25) is 8.67 Å². The molecule has 0 radical (unpaired) electrons. The van der Waals surface area contributed by atoms with Crippen molar-refractivity contribution in [3.8, 4) is 0 Å². The minimum Gasteiger partial charge on any atom is -0.375 e. The Morgan fingerprint density at radius 3 is 2.74 bits per heavy atom. The van der Waals surface area contributed by atoms with Crippen LogP contribution in [0.25, 0.3) is 0 Å². The molecule has 2 nitrogen and oxygen atoms in total. The van der Waals surface area contributed by atoms with Crippen LogP contribution in [0.3, 0.4) is 0 Å². The molecular weight excluding hydrogens is 303 g/mol. The van der Waals surface area contributed by atoms with Crippen LogP contribution in [0.15, 0.2) is 6.07 Å². The van der Waals surface area contributed by atoms with Crippen molar-refractivity contribution in [3.05, 3.63) is 20.3 Å². The third kappa shape index (κ3) is 2.71. The normalized spacial score (nSPS) is 25.9. The molecule has 2 heterocycles. The van der Waals surface area contributed by atoms with E-state index in [1.807, 2.05) is 0 Å². The Kier molecular flexibility index (Phi) is 3.91. The van der Waals surface area contributed by atoms with Gasteiger partial charge in [0.15, 0.2) is 5.78 Å². The van der Waals surface area contributed by atoms with Gasteiger partial charge in [-0.05, 0) is 31.7 Å². The second-order valence-electron chi connectivity index (χ2n) is 5.53. The lowest BCUT2D eigenvalue weighted by Gasteiger charge is -2.37. The van der Waals surface area contributed by atoms with Crippen molar-refractivity contribution in [2.45, 2.75) is 44.1 Å².